The molecule has 2 aromatic carbocycles. The molecule has 0 atom stereocenters. The van der Waals surface area contributed by atoms with Gasteiger partial charge >= 0.3 is 5.97 Å². The van der Waals surface area contributed by atoms with E-state index in [-0.39, 0.29) is 18.0 Å². The van der Waals surface area contributed by atoms with Crippen LogP contribution in [0.25, 0.3) is 0 Å². The maximum atomic E-state index is 11.5. The van der Waals surface area contributed by atoms with Crippen LogP contribution in [0.1, 0.15) is 5.56 Å². The van der Waals surface area contributed by atoms with Gasteiger partial charge in [-0.05, 0) is 17.7 Å². The summed E-state index contributed by atoms with van der Waals surface area (Å²) in [7, 11) is 0. The summed E-state index contributed by atoms with van der Waals surface area (Å²) in [6, 6.07) is 14.7. The Bertz CT molecular complexity index is 610. The van der Waals surface area contributed by atoms with Crippen molar-refractivity contribution in [1.82, 2.24) is 0 Å². The zero-order chi connectivity index (χ0) is 15.1. The average Bonchev–Trinajstić information content (AvgIpc) is 2.49. The van der Waals surface area contributed by atoms with Crippen LogP contribution in [0.4, 0.5) is 5.69 Å². The second-order valence-electron chi connectivity index (χ2n) is 4.20. The maximum Gasteiger partial charge on any atom is 0.337 e. The van der Waals surface area contributed by atoms with Gasteiger partial charge in [0.2, 0.25) is 0 Å². The monoisotopic (exact) mass is 287 g/mol. The van der Waals surface area contributed by atoms with Crippen molar-refractivity contribution in [3.05, 3.63) is 70.3 Å². The van der Waals surface area contributed by atoms with Gasteiger partial charge in [-0.3, -0.25) is 10.1 Å². The summed E-state index contributed by atoms with van der Waals surface area (Å²) in [6.07, 6.45) is 0. The molecule has 6 nitrogen and oxygen atoms in total. The predicted molar refractivity (Wildman–Crippen MR) is 74.8 cm³/mol. The van der Waals surface area contributed by atoms with Crippen molar-refractivity contribution in [1.29, 1.82) is 0 Å². The lowest BCUT2D eigenvalue weighted by Gasteiger charge is -2.05. The van der Waals surface area contributed by atoms with Crippen LogP contribution in [0.2, 0.25) is 0 Å². The van der Waals surface area contributed by atoms with Crippen molar-refractivity contribution < 1.29 is 19.2 Å². The number of nitro benzene ring substituents is 1. The second kappa shape index (κ2) is 7.16. The molecule has 0 spiro atoms. The molecule has 0 unspecified atom stereocenters. The molecule has 0 aliphatic heterocycles. The van der Waals surface area contributed by atoms with Crippen LogP contribution in [-0.4, -0.2) is 17.5 Å². The molecule has 6 heteroatoms. The molecule has 0 N–H and O–H groups in total. The van der Waals surface area contributed by atoms with Crippen LogP contribution in [0.5, 0.6) is 5.75 Å². The van der Waals surface area contributed by atoms with Gasteiger partial charge in [0, 0.05) is 12.1 Å². The Morgan fingerprint density at radius 2 is 1.71 bits per heavy atom. The van der Waals surface area contributed by atoms with Crippen LogP contribution >= 0.6 is 0 Å². The van der Waals surface area contributed by atoms with Crippen LogP contribution in [-0.2, 0) is 16.1 Å². The number of esters is 1. The van der Waals surface area contributed by atoms with Gasteiger partial charge in [0.25, 0.3) is 5.69 Å². The van der Waals surface area contributed by atoms with Crippen molar-refractivity contribution >= 4 is 11.7 Å². The minimum absolute atomic E-state index is 0.0601. The van der Waals surface area contributed by atoms with Gasteiger partial charge in [-0.25, -0.2) is 4.79 Å². The number of non-ortho nitro benzene ring substituents is 1. The molecule has 0 saturated heterocycles. The largest absolute Gasteiger partial charge is 0.425 e. The summed E-state index contributed by atoms with van der Waals surface area (Å²) in [4.78, 5) is 21.5. The van der Waals surface area contributed by atoms with Gasteiger partial charge in [-0.1, -0.05) is 30.3 Å². The number of nitro groups is 1. The van der Waals surface area contributed by atoms with Crippen LogP contribution in [0.15, 0.2) is 54.6 Å². The summed E-state index contributed by atoms with van der Waals surface area (Å²) in [5.74, 6) is -0.311. The van der Waals surface area contributed by atoms with Crippen molar-refractivity contribution in [2.45, 2.75) is 6.61 Å². The van der Waals surface area contributed by atoms with Crippen LogP contribution in [0, 0.1) is 10.1 Å². The number of rotatable bonds is 6. The molecule has 0 amide bonds. The Morgan fingerprint density at radius 3 is 2.33 bits per heavy atom. The third-order valence-corrected chi connectivity index (χ3v) is 2.61. The molecule has 0 heterocycles. The van der Waals surface area contributed by atoms with E-state index in [1.165, 1.54) is 24.3 Å². The van der Waals surface area contributed by atoms with E-state index >= 15 is 0 Å². The summed E-state index contributed by atoms with van der Waals surface area (Å²) < 4.78 is 10.2. The highest BCUT2D eigenvalue weighted by molar-refractivity contribution is 5.73. The van der Waals surface area contributed by atoms with Gasteiger partial charge in [0.05, 0.1) is 11.5 Å². The number of ether oxygens (including phenoxy) is 2. The number of hydrogen-bond acceptors (Lipinski definition) is 5. The molecular weight excluding hydrogens is 274 g/mol. The Hall–Kier alpha value is -2.73. The number of benzene rings is 2. The molecule has 0 aromatic heterocycles. The molecule has 2 aromatic rings. The van der Waals surface area contributed by atoms with E-state index in [0.29, 0.717) is 6.61 Å². The fourth-order valence-electron chi connectivity index (χ4n) is 1.62. The quantitative estimate of drug-likeness (QED) is 0.353. The Balaban J connectivity index is 1.78. The molecule has 2 rings (SSSR count). The zero-order valence-corrected chi connectivity index (χ0v) is 11.1. The number of nitrogens with zero attached hydrogens (tertiary/aromatic N) is 1. The summed E-state index contributed by atoms with van der Waals surface area (Å²) in [5, 5.41) is 10.5. The fraction of sp³-hybridized carbons (Fsp3) is 0.133. The first-order valence-corrected chi connectivity index (χ1v) is 6.22. The Kier molecular flexibility index (Phi) is 5.00. The predicted octanol–water partition coefficient (Wildman–Crippen LogP) is 2.72. The van der Waals surface area contributed by atoms with E-state index in [1.54, 1.807) is 0 Å². The van der Waals surface area contributed by atoms with Crippen LogP contribution in [0.3, 0.4) is 0 Å². The van der Waals surface area contributed by atoms with Gasteiger partial charge in [0.15, 0.2) is 0 Å². The highest BCUT2D eigenvalue weighted by atomic mass is 16.6. The summed E-state index contributed by atoms with van der Waals surface area (Å²) in [5.41, 5.74) is 0.899. The highest BCUT2D eigenvalue weighted by Crippen LogP contribution is 2.17. The first-order valence-electron chi connectivity index (χ1n) is 6.22. The summed E-state index contributed by atoms with van der Waals surface area (Å²) >= 11 is 0. The van der Waals surface area contributed by atoms with Crippen molar-refractivity contribution in [3.63, 3.8) is 0 Å². The topological polar surface area (TPSA) is 78.7 Å². The molecule has 0 saturated carbocycles. The highest BCUT2D eigenvalue weighted by Gasteiger charge is 2.08. The Morgan fingerprint density at radius 1 is 1.05 bits per heavy atom. The van der Waals surface area contributed by atoms with E-state index in [9.17, 15) is 14.9 Å². The minimum atomic E-state index is -0.556. The molecule has 0 radical (unpaired) electrons. The van der Waals surface area contributed by atoms with Gasteiger partial charge in [0.1, 0.15) is 12.4 Å². The third-order valence-electron chi connectivity index (χ3n) is 2.61. The smallest absolute Gasteiger partial charge is 0.337 e. The lowest BCUT2D eigenvalue weighted by molar-refractivity contribution is -0.384. The van der Waals surface area contributed by atoms with Crippen molar-refractivity contribution in [3.8, 4) is 5.75 Å². The van der Waals surface area contributed by atoms with E-state index < -0.39 is 10.9 Å². The van der Waals surface area contributed by atoms with Crippen LogP contribution < -0.4 is 4.74 Å². The molecule has 0 fully saturated rings. The average molecular weight is 287 g/mol. The first-order chi connectivity index (χ1) is 10.1. The molecular formula is C15H13NO5. The van der Waals surface area contributed by atoms with Gasteiger partial charge < -0.3 is 9.47 Å². The molecule has 0 aliphatic carbocycles. The zero-order valence-electron chi connectivity index (χ0n) is 11.1. The first kappa shape index (κ1) is 14.7. The normalized spacial score (nSPS) is 10.1. The lowest BCUT2D eigenvalue weighted by atomic mass is 10.2. The SMILES string of the molecule is O=C(COCc1ccccc1)Oc1ccc([N+](=O)[O-])cc1. The second-order valence-corrected chi connectivity index (χ2v) is 4.20. The molecule has 0 aliphatic rings. The van der Waals surface area contributed by atoms with Crippen molar-refractivity contribution in [2.24, 2.45) is 0 Å². The van der Waals surface area contributed by atoms with E-state index in [0.717, 1.165) is 5.56 Å². The molecule has 21 heavy (non-hydrogen) atoms. The number of hydrogen-bond donors (Lipinski definition) is 0. The standard InChI is InChI=1S/C15H13NO5/c17-15(11-20-10-12-4-2-1-3-5-12)21-14-8-6-13(7-9-14)16(18)19/h1-9H,10-11H2. The van der Waals surface area contributed by atoms with Crippen molar-refractivity contribution in [2.75, 3.05) is 6.61 Å². The lowest BCUT2D eigenvalue weighted by Crippen LogP contribution is -2.15. The summed E-state index contributed by atoms with van der Waals surface area (Å²) in [6.45, 7) is 0.127. The maximum absolute atomic E-state index is 11.5. The van der Waals surface area contributed by atoms with Gasteiger partial charge in [-0.2, -0.15) is 0 Å². The number of carbonyl (C=O) groups excluding carboxylic acids is 1. The molecule has 108 valence electrons. The Labute approximate surface area is 121 Å². The van der Waals surface area contributed by atoms with E-state index in [4.69, 9.17) is 9.47 Å². The van der Waals surface area contributed by atoms with E-state index in [2.05, 4.69) is 0 Å². The molecule has 0 bridgehead atoms. The third kappa shape index (κ3) is 4.70. The van der Waals surface area contributed by atoms with Gasteiger partial charge in [-0.15, -0.1) is 0 Å². The number of carbonyl (C=O) groups is 1. The fourth-order valence-corrected chi connectivity index (χ4v) is 1.62. The minimum Gasteiger partial charge on any atom is -0.425 e. The van der Waals surface area contributed by atoms with E-state index in [1.807, 2.05) is 30.3 Å².